The third-order valence-electron chi connectivity index (χ3n) is 2.39. The number of carbonyl (C=O) groups is 2. The number of esters is 1. The van der Waals surface area contributed by atoms with Gasteiger partial charge in [0.05, 0.1) is 12.2 Å². The van der Waals surface area contributed by atoms with Gasteiger partial charge in [0.2, 0.25) is 0 Å². The number of hydrogen-bond donors (Lipinski definition) is 0. The van der Waals surface area contributed by atoms with Gasteiger partial charge in [-0.15, -0.1) is 0 Å². The summed E-state index contributed by atoms with van der Waals surface area (Å²) in [6.45, 7) is 2.14. The summed E-state index contributed by atoms with van der Waals surface area (Å²) >= 11 is 3.39. The number of carbonyl (C=O) groups excluding carboxylic acids is 2. The molecule has 0 unspecified atom stereocenters. The van der Waals surface area contributed by atoms with E-state index in [1.54, 1.807) is 19.1 Å². The van der Waals surface area contributed by atoms with Crippen molar-refractivity contribution in [2.45, 2.75) is 25.1 Å². The fourth-order valence-corrected chi connectivity index (χ4v) is 2.09. The van der Waals surface area contributed by atoms with Crippen LogP contribution in [0.5, 0.6) is 0 Å². The smallest absolute Gasteiger partial charge is 0.338 e. The Morgan fingerprint density at radius 2 is 2.18 bits per heavy atom. The van der Waals surface area contributed by atoms with Gasteiger partial charge in [-0.2, -0.15) is 0 Å². The Morgan fingerprint density at radius 1 is 1.41 bits per heavy atom. The van der Waals surface area contributed by atoms with Crippen molar-refractivity contribution < 1.29 is 14.3 Å². The van der Waals surface area contributed by atoms with Crippen molar-refractivity contribution in [3.8, 4) is 0 Å². The molecule has 0 heterocycles. The van der Waals surface area contributed by atoms with Crippen LogP contribution in [0.4, 0.5) is 0 Å². The van der Waals surface area contributed by atoms with Crippen LogP contribution in [0.2, 0.25) is 0 Å². The Labute approximate surface area is 109 Å². The van der Waals surface area contributed by atoms with E-state index in [4.69, 9.17) is 4.74 Å². The highest BCUT2D eigenvalue weighted by atomic mass is 79.9. The molecule has 0 aliphatic carbocycles. The zero-order valence-corrected chi connectivity index (χ0v) is 11.3. The molecule has 17 heavy (non-hydrogen) atoms. The highest BCUT2D eigenvalue weighted by molar-refractivity contribution is 9.08. The molecular weight excluding hydrogens is 284 g/mol. The van der Waals surface area contributed by atoms with Crippen molar-refractivity contribution in [2.24, 2.45) is 0 Å². The standard InChI is InChI=1S/C13H15BrO3/c1-2-17-13(16)11-5-6-12(9-14)10(8-11)4-3-7-15/h5-8H,2-4,9H2,1H3. The van der Waals surface area contributed by atoms with Crippen LogP contribution in [0.3, 0.4) is 0 Å². The van der Waals surface area contributed by atoms with Gasteiger partial charge in [0.1, 0.15) is 6.29 Å². The van der Waals surface area contributed by atoms with Crippen molar-refractivity contribution in [3.05, 3.63) is 34.9 Å². The summed E-state index contributed by atoms with van der Waals surface area (Å²) in [7, 11) is 0. The SMILES string of the molecule is CCOC(=O)c1ccc(CBr)c(CCC=O)c1. The maximum atomic E-state index is 11.6. The van der Waals surface area contributed by atoms with Crippen LogP contribution in [-0.4, -0.2) is 18.9 Å². The highest BCUT2D eigenvalue weighted by Gasteiger charge is 2.09. The Bertz CT molecular complexity index is 402. The van der Waals surface area contributed by atoms with E-state index in [2.05, 4.69) is 15.9 Å². The first kappa shape index (κ1) is 13.9. The summed E-state index contributed by atoms with van der Waals surface area (Å²) in [5.74, 6) is -0.319. The average Bonchev–Trinajstić information content (AvgIpc) is 2.36. The van der Waals surface area contributed by atoms with Crippen LogP contribution in [0.25, 0.3) is 0 Å². The largest absolute Gasteiger partial charge is 0.462 e. The number of benzene rings is 1. The number of halogens is 1. The lowest BCUT2D eigenvalue weighted by Crippen LogP contribution is -2.06. The van der Waals surface area contributed by atoms with Crippen LogP contribution < -0.4 is 0 Å². The van der Waals surface area contributed by atoms with Crippen LogP contribution in [-0.2, 0) is 21.3 Å². The molecule has 0 bridgehead atoms. The molecule has 0 fully saturated rings. The lowest BCUT2D eigenvalue weighted by Gasteiger charge is -2.08. The van der Waals surface area contributed by atoms with E-state index in [0.717, 1.165) is 17.4 Å². The molecule has 0 aliphatic rings. The number of rotatable bonds is 6. The predicted octanol–water partition coefficient (Wildman–Crippen LogP) is 2.89. The fraction of sp³-hybridized carbons (Fsp3) is 0.385. The number of aryl methyl sites for hydroxylation is 1. The normalized spacial score (nSPS) is 10.0. The van der Waals surface area contributed by atoms with Gasteiger partial charge >= 0.3 is 5.97 Å². The van der Waals surface area contributed by atoms with Crippen molar-refractivity contribution in [1.29, 1.82) is 0 Å². The minimum Gasteiger partial charge on any atom is -0.462 e. The summed E-state index contributed by atoms with van der Waals surface area (Å²) in [5, 5.41) is 0.713. The number of hydrogen-bond acceptors (Lipinski definition) is 3. The summed E-state index contributed by atoms with van der Waals surface area (Å²) in [4.78, 5) is 22.0. The number of aldehydes is 1. The van der Waals surface area contributed by atoms with Crippen LogP contribution in [0.15, 0.2) is 18.2 Å². The van der Waals surface area contributed by atoms with Gasteiger partial charge in [-0.25, -0.2) is 4.79 Å². The molecule has 0 saturated carbocycles. The van der Waals surface area contributed by atoms with Gasteiger partial charge in [-0.1, -0.05) is 22.0 Å². The second kappa shape index (κ2) is 7.22. The van der Waals surface area contributed by atoms with Crippen molar-refractivity contribution in [2.75, 3.05) is 6.61 Å². The topological polar surface area (TPSA) is 43.4 Å². The van der Waals surface area contributed by atoms with E-state index in [1.807, 2.05) is 6.07 Å². The summed E-state index contributed by atoms with van der Waals surface area (Å²) in [6, 6.07) is 5.44. The quantitative estimate of drug-likeness (QED) is 0.461. The second-order valence-corrected chi connectivity index (χ2v) is 4.10. The van der Waals surface area contributed by atoms with E-state index in [9.17, 15) is 9.59 Å². The van der Waals surface area contributed by atoms with E-state index in [0.29, 0.717) is 30.3 Å². The second-order valence-electron chi connectivity index (χ2n) is 3.54. The molecule has 0 atom stereocenters. The van der Waals surface area contributed by atoms with Crippen molar-refractivity contribution >= 4 is 28.2 Å². The lowest BCUT2D eigenvalue weighted by atomic mass is 10.0. The maximum absolute atomic E-state index is 11.6. The van der Waals surface area contributed by atoms with Gasteiger partial charge in [0.25, 0.3) is 0 Å². The Balaban J connectivity index is 2.95. The Kier molecular flexibility index (Phi) is 5.91. The highest BCUT2D eigenvalue weighted by Crippen LogP contribution is 2.17. The van der Waals surface area contributed by atoms with Gasteiger partial charge in [0, 0.05) is 11.8 Å². The molecule has 0 amide bonds. The zero-order valence-electron chi connectivity index (χ0n) is 9.74. The third-order valence-corrected chi connectivity index (χ3v) is 3.00. The molecule has 0 N–H and O–H groups in total. The fourth-order valence-electron chi connectivity index (χ4n) is 1.54. The Morgan fingerprint density at radius 3 is 2.76 bits per heavy atom. The number of alkyl halides is 1. The molecule has 0 saturated heterocycles. The first-order chi connectivity index (χ1) is 8.22. The summed E-state index contributed by atoms with van der Waals surface area (Å²) in [6.07, 6.45) is 2.00. The van der Waals surface area contributed by atoms with E-state index < -0.39 is 0 Å². The van der Waals surface area contributed by atoms with Crippen LogP contribution in [0.1, 0.15) is 34.8 Å². The molecule has 0 spiro atoms. The van der Waals surface area contributed by atoms with E-state index in [-0.39, 0.29) is 5.97 Å². The van der Waals surface area contributed by atoms with E-state index >= 15 is 0 Å². The third kappa shape index (κ3) is 3.97. The van der Waals surface area contributed by atoms with Gasteiger partial charge < -0.3 is 9.53 Å². The molecule has 1 aromatic rings. The predicted molar refractivity (Wildman–Crippen MR) is 69.4 cm³/mol. The minimum absolute atomic E-state index is 0.319. The first-order valence-corrected chi connectivity index (χ1v) is 6.63. The molecule has 0 aliphatic heterocycles. The van der Waals surface area contributed by atoms with Crippen LogP contribution in [0, 0.1) is 0 Å². The summed E-state index contributed by atoms with van der Waals surface area (Å²) < 4.78 is 4.94. The molecule has 4 heteroatoms. The molecule has 3 nitrogen and oxygen atoms in total. The maximum Gasteiger partial charge on any atom is 0.338 e. The minimum atomic E-state index is -0.319. The van der Waals surface area contributed by atoms with Gasteiger partial charge in [-0.3, -0.25) is 0 Å². The monoisotopic (exact) mass is 298 g/mol. The van der Waals surface area contributed by atoms with Crippen LogP contribution >= 0.6 is 15.9 Å². The van der Waals surface area contributed by atoms with Gasteiger partial charge in [-0.05, 0) is 36.6 Å². The van der Waals surface area contributed by atoms with Gasteiger partial charge in [0.15, 0.2) is 0 Å². The molecule has 1 aromatic carbocycles. The molecule has 92 valence electrons. The van der Waals surface area contributed by atoms with E-state index in [1.165, 1.54) is 0 Å². The summed E-state index contributed by atoms with van der Waals surface area (Å²) in [5.41, 5.74) is 2.65. The molecule has 1 rings (SSSR count). The zero-order chi connectivity index (χ0) is 12.7. The van der Waals surface area contributed by atoms with Crippen molar-refractivity contribution in [3.63, 3.8) is 0 Å². The first-order valence-electron chi connectivity index (χ1n) is 5.51. The average molecular weight is 299 g/mol. The number of ether oxygens (including phenoxy) is 1. The Hall–Kier alpha value is -1.16. The molecular formula is C13H15BrO3. The molecule has 0 aromatic heterocycles. The lowest BCUT2D eigenvalue weighted by molar-refractivity contribution is -0.107. The molecule has 0 radical (unpaired) electrons. The van der Waals surface area contributed by atoms with Crippen molar-refractivity contribution in [1.82, 2.24) is 0 Å².